The van der Waals surface area contributed by atoms with E-state index in [0.29, 0.717) is 5.69 Å². The maximum atomic E-state index is 13.1. The highest BCUT2D eigenvalue weighted by Gasteiger charge is 2.29. The van der Waals surface area contributed by atoms with Gasteiger partial charge in [-0.2, -0.15) is 0 Å². The van der Waals surface area contributed by atoms with Crippen molar-refractivity contribution in [3.63, 3.8) is 0 Å². The van der Waals surface area contributed by atoms with Crippen LogP contribution in [0.4, 0.5) is 0 Å². The number of carboxylic acids is 2. The van der Waals surface area contributed by atoms with Gasteiger partial charge >= 0.3 is 11.9 Å². The van der Waals surface area contributed by atoms with Gasteiger partial charge in [-0.1, -0.05) is 13.8 Å². The molecule has 1 heterocycles. The number of imidazole rings is 1. The summed E-state index contributed by atoms with van der Waals surface area (Å²) in [7, 11) is 0. The molecule has 0 aromatic carbocycles. The van der Waals surface area contributed by atoms with E-state index in [4.69, 9.17) is 15.9 Å². The number of nitrogens with one attached hydrogen (secondary N) is 5. The molecule has 1 rings (SSSR count). The number of aromatic nitrogens is 2. The Morgan fingerprint density at radius 2 is 1.62 bits per heavy atom. The Bertz CT molecular complexity index is 951. The van der Waals surface area contributed by atoms with Crippen molar-refractivity contribution in [1.82, 2.24) is 31.2 Å². The average Bonchev–Trinajstić information content (AvgIpc) is 3.32. The Morgan fingerprint density at radius 3 is 2.16 bits per heavy atom. The lowest BCUT2D eigenvalue weighted by atomic mass is 10.0. The second kappa shape index (κ2) is 15.2. The molecule has 15 nitrogen and oxygen atoms in total. The van der Waals surface area contributed by atoms with Crippen LogP contribution in [-0.2, 0) is 35.2 Å². The molecule has 0 saturated carbocycles. The number of aliphatic carboxylic acids is 2. The summed E-state index contributed by atoms with van der Waals surface area (Å²) >= 11 is 0. The maximum Gasteiger partial charge on any atom is 0.325 e. The fourth-order valence-corrected chi connectivity index (χ4v) is 3.13. The highest BCUT2D eigenvalue weighted by atomic mass is 16.4. The standard InChI is InChI=1S/C22H35N7O8/c1-11(2)6-15(28-17(30)9-25-19(33)14(23)4-5-18(31)32)21(35)29-16(7-13-8-24-10-26-13)20(34)27-12(3)22(36)37/h8,10-12,14-16H,4-7,9,23H2,1-3H3,(H,24,26)(H,25,33)(H,27,34)(H,28,30)(H,29,35)(H,31,32)(H,36,37)/t12-,14-,15-,16-/m0/s1. The van der Waals surface area contributed by atoms with Gasteiger partial charge in [0.25, 0.3) is 0 Å². The van der Waals surface area contributed by atoms with E-state index in [2.05, 4.69) is 31.2 Å². The summed E-state index contributed by atoms with van der Waals surface area (Å²) in [6.07, 6.45) is 2.64. The fourth-order valence-electron chi connectivity index (χ4n) is 3.13. The maximum absolute atomic E-state index is 13.1. The molecule has 0 unspecified atom stereocenters. The van der Waals surface area contributed by atoms with Crippen molar-refractivity contribution in [2.24, 2.45) is 11.7 Å². The van der Waals surface area contributed by atoms with Gasteiger partial charge in [0.2, 0.25) is 23.6 Å². The monoisotopic (exact) mass is 525 g/mol. The topological polar surface area (TPSA) is 246 Å². The fraction of sp³-hybridized carbons (Fsp3) is 0.591. The van der Waals surface area contributed by atoms with Crippen LogP contribution in [0, 0.1) is 5.92 Å². The molecule has 4 amide bonds. The molecule has 0 spiro atoms. The minimum absolute atomic E-state index is 0.0410. The molecule has 37 heavy (non-hydrogen) atoms. The highest BCUT2D eigenvalue weighted by molar-refractivity contribution is 5.94. The number of carboxylic acid groups (broad SMARTS) is 2. The van der Waals surface area contributed by atoms with Crippen LogP contribution in [0.1, 0.15) is 45.7 Å². The normalized spacial score (nSPS) is 14.1. The number of aromatic amines is 1. The van der Waals surface area contributed by atoms with Gasteiger partial charge in [0.05, 0.1) is 24.6 Å². The summed E-state index contributed by atoms with van der Waals surface area (Å²) < 4.78 is 0. The molecule has 0 saturated heterocycles. The average molecular weight is 526 g/mol. The third-order valence-electron chi connectivity index (χ3n) is 5.12. The Balaban J connectivity index is 2.85. The molecule has 1 aromatic heterocycles. The van der Waals surface area contributed by atoms with Gasteiger partial charge in [0.1, 0.15) is 18.1 Å². The zero-order chi connectivity index (χ0) is 28.1. The van der Waals surface area contributed by atoms with Gasteiger partial charge in [-0.05, 0) is 25.7 Å². The smallest absolute Gasteiger partial charge is 0.325 e. The SMILES string of the molecule is CC(C)C[C@H](NC(=O)CNC(=O)[C@@H](N)CCC(=O)O)C(=O)N[C@@H](Cc1c[nH]cn1)C(=O)N[C@@H](C)C(=O)O. The van der Waals surface area contributed by atoms with Crippen molar-refractivity contribution in [3.8, 4) is 0 Å². The van der Waals surface area contributed by atoms with E-state index in [-0.39, 0.29) is 31.6 Å². The van der Waals surface area contributed by atoms with Crippen LogP contribution < -0.4 is 27.0 Å². The van der Waals surface area contributed by atoms with Gasteiger partial charge in [-0.15, -0.1) is 0 Å². The van der Waals surface area contributed by atoms with Crippen LogP contribution in [0.25, 0.3) is 0 Å². The lowest BCUT2D eigenvalue weighted by Gasteiger charge is -2.24. The molecular formula is C22H35N7O8. The number of nitrogens with two attached hydrogens (primary N) is 1. The molecule has 9 N–H and O–H groups in total. The molecule has 0 bridgehead atoms. The number of carbonyl (C=O) groups is 6. The van der Waals surface area contributed by atoms with Gasteiger partial charge in [0.15, 0.2) is 0 Å². The molecule has 206 valence electrons. The predicted molar refractivity (Wildman–Crippen MR) is 129 cm³/mol. The molecule has 0 aliphatic carbocycles. The van der Waals surface area contributed by atoms with E-state index in [9.17, 15) is 28.8 Å². The van der Waals surface area contributed by atoms with Crippen LogP contribution in [0.5, 0.6) is 0 Å². The first kappa shape index (κ1) is 31.0. The van der Waals surface area contributed by atoms with E-state index >= 15 is 0 Å². The number of hydrogen-bond donors (Lipinski definition) is 8. The number of nitrogens with zero attached hydrogens (tertiary/aromatic N) is 1. The minimum atomic E-state index is -1.26. The number of amides is 4. The Morgan fingerprint density at radius 1 is 0.973 bits per heavy atom. The summed E-state index contributed by atoms with van der Waals surface area (Å²) in [5, 5.41) is 27.4. The number of hydrogen-bond acceptors (Lipinski definition) is 8. The Hall–Kier alpha value is -4.01. The van der Waals surface area contributed by atoms with Gasteiger partial charge < -0.3 is 42.2 Å². The van der Waals surface area contributed by atoms with Crippen molar-refractivity contribution >= 4 is 35.6 Å². The minimum Gasteiger partial charge on any atom is -0.481 e. The van der Waals surface area contributed by atoms with E-state index in [1.54, 1.807) is 0 Å². The highest BCUT2D eigenvalue weighted by Crippen LogP contribution is 2.07. The van der Waals surface area contributed by atoms with Gasteiger partial charge in [0, 0.05) is 19.0 Å². The third-order valence-corrected chi connectivity index (χ3v) is 5.12. The quantitative estimate of drug-likeness (QED) is 0.116. The lowest BCUT2D eigenvalue weighted by molar-refractivity contribution is -0.141. The van der Waals surface area contributed by atoms with E-state index < -0.39 is 66.3 Å². The van der Waals surface area contributed by atoms with E-state index in [0.717, 1.165) is 0 Å². The summed E-state index contributed by atoms with van der Waals surface area (Å²) in [5.41, 5.74) is 6.05. The van der Waals surface area contributed by atoms with Gasteiger partial charge in [-0.25, -0.2) is 4.98 Å². The molecule has 4 atom stereocenters. The summed E-state index contributed by atoms with van der Waals surface area (Å²) in [4.78, 5) is 78.7. The van der Waals surface area contributed by atoms with Gasteiger partial charge in [-0.3, -0.25) is 28.8 Å². The lowest BCUT2D eigenvalue weighted by Crippen LogP contribution is -2.57. The molecular weight excluding hydrogens is 490 g/mol. The Kier molecular flexibility index (Phi) is 12.7. The summed E-state index contributed by atoms with van der Waals surface area (Å²) in [5.74, 6) is -5.26. The van der Waals surface area contributed by atoms with E-state index in [1.165, 1.54) is 19.4 Å². The van der Waals surface area contributed by atoms with Crippen molar-refractivity contribution in [2.45, 2.75) is 70.6 Å². The second-order valence-corrected chi connectivity index (χ2v) is 8.90. The molecule has 1 aromatic rings. The number of carbonyl (C=O) groups excluding carboxylic acids is 4. The molecule has 0 aliphatic heterocycles. The summed E-state index contributed by atoms with van der Waals surface area (Å²) in [6, 6.07) is -4.58. The van der Waals surface area contributed by atoms with Crippen molar-refractivity contribution in [2.75, 3.05) is 6.54 Å². The van der Waals surface area contributed by atoms with Crippen molar-refractivity contribution in [1.29, 1.82) is 0 Å². The van der Waals surface area contributed by atoms with Crippen molar-refractivity contribution < 1.29 is 39.0 Å². The van der Waals surface area contributed by atoms with Crippen LogP contribution in [-0.4, -0.2) is 86.5 Å². The first-order chi connectivity index (χ1) is 17.3. The van der Waals surface area contributed by atoms with Crippen LogP contribution in [0.3, 0.4) is 0 Å². The molecule has 15 heteroatoms. The first-order valence-corrected chi connectivity index (χ1v) is 11.7. The predicted octanol–water partition coefficient (Wildman–Crippen LogP) is -2.13. The van der Waals surface area contributed by atoms with Crippen LogP contribution >= 0.6 is 0 Å². The second-order valence-electron chi connectivity index (χ2n) is 8.90. The summed E-state index contributed by atoms with van der Waals surface area (Å²) in [6.45, 7) is 4.41. The van der Waals surface area contributed by atoms with E-state index in [1.807, 2.05) is 13.8 Å². The molecule has 0 radical (unpaired) electrons. The first-order valence-electron chi connectivity index (χ1n) is 11.7. The number of rotatable bonds is 16. The zero-order valence-corrected chi connectivity index (χ0v) is 20.9. The van der Waals surface area contributed by atoms with Crippen LogP contribution in [0.15, 0.2) is 12.5 Å². The molecule has 0 fully saturated rings. The Labute approximate surface area is 213 Å². The zero-order valence-electron chi connectivity index (χ0n) is 20.9. The third kappa shape index (κ3) is 12.0. The van der Waals surface area contributed by atoms with Crippen LogP contribution in [0.2, 0.25) is 0 Å². The van der Waals surface area contributed by atoms with Crippen molar-refractivity contribution in [3.05, 3.63) is 18.2 Å². The number of H-pyrrole nitrogens is 1. The largest absolute Gasteiger partial charge is 0.481 e. The molecule has 0 aliphatic rings.